The van der Waals surface area contributed by atoms with Gasteiger partial charge in [-0.15, -0.1) is 11.3 Å². The van der Waals surface area contributed by atoms with E-state index in [1.54, 1.807) is 36.7 Å². The van der Waals surface area contributed by atoms with Gasteiger partial charge in [-0.3, -0.25) is 9.11 Å². The lowest BCUT2D eigenvalue weighted by molar-refractivity contribution is -0.145. The van der Waals surface area contributed by atoms with Gasteiger partial charge in [0.05, 0.1) is 15.3 Å². The fraction of sp³-hybridized carbons (Fsp3) is 0.185. The van der Waals surface area contributed by atoms with Crippen molar-refractivity contribution in [3.05, 3.63) is 106 Å². The van der Waals surface area contributed by atoms with Crippen molar-refractivity contribution >= 4 is 43.4 Å². The number of rotatable bonds is 7. The molecule has 0 radical (unpaired) electrons. The molecule has 3 aromatic carbocycles. The molecule has 4 aromatic rings. The molecule has 0 spiro atoms. The Morgan fingerprint density at radius 2 is 1.32 bits per heavy atom. The Morgan fingerprint density at radius 1 is 0.850 bits per heavy atom. The molecule has 0 bridgehead atoms. The number of ether oxygens (including phenoxy) is 1. The maximum atomic E-state index is 11.7. The van der Waals surface area contributed by atoms with E-state index in [1.807, 2.05) is 49.6 Å². The van der Waals surface area contributed by atoms with E-state index in [0.717, 1.165) is 16.7 Å². The first kappa shape index (κ1) is 32.6. The van der Waals surface area contributed by atoms with Gasteiger partial charge in [0.1, 0.15) is 18.5 Å². The van der Waals surface area contributed by atoms with Crippen molar-refractivity contribution < 1.29 is 35.5 Å². The second-order valence-electron chi connectivity index (χ2n) is 8.41. The summed E-state index contributed by atoms with van der Waals surface area (Å²) in [7, 11) is -8.04. The third-order valence-electron chi connectivity index (χ3n) is 5.01. The van der Waals surface area contributed by atoms with Crippen LogP contribution in [-0.2, 0) is 36.4 Å². The minimum Gasteiger partial charge on any atom is -0.459 e. The zero-order chi connectivity index (χ0) is 29.8. The van der Waals surface area contributed by atoms with Crippen molar-refractivity contribution in [3.63, 3.8) is 0 Å². The Bertz CT molecular complexity index is 1470. The number of hydrogen-bond acceptors (Lipinski definition) is 9. The third-order valence-corrected chi connectivity index (χ3v) is 7.33. The Labute approximate surface area is 238 Å². The van der Waals surface area contributed by atoms with Crippen LogP contribution in [0.15, 0.2) is 99.5 Å². The van der Waals surface area contributed by atoms with E-state index in [0.29, 0.717) is 12.4 Å². The van der Waals surface area contributed by atoms with Gasteiger partial charge in [0, 0.05) is 5.38 Å². The van der Waals surface area contributed by atoms with Gasteiger partial charge in [-0.05, 0) is 50.6 Å². The van der Waals surface area contributed by atoms with Gasteiger partial charge in [-0.25, -0.2) is 9.78 Å². The van der Waals surface area contributed by atoms with Crippen LogP contribution in [0.3, 0.4) is 0 Å². The Morgan fingerprint density at radius 3 is 1.73 bits per heavy atom. The molecule has 214 valence electrons. The predicted molar refractivity (Wildman–Crippen MR) is 153 cm³/mol. The second-order valence-corrected chi connectivity index (χ2v) is 12.0. The summed E-state index contributed by atoms with van der Waals surface area (Å²) in [6.45, 7) is 5.73. The first-order chi connectivity index (χ1) is 18.8. The highest BCUT2D eigenvalue weighted by molar-refractivity contribution is 7.86. The molecule has 1 atom stereocenters. The molecule has 1 heterocycles. The zero-order valence-corrected chi connectivity index (χ0v) is 24.4. The quantitative estimate of drug-likeness (QED) is 0.189. The van der Waals surface area contributed by atoms with Gasteiger partial charge >= 0.3 is 5.97 Å². The monoisotopic (exact) mass is 606 g/mol. The van der Waals surface area contributed by atoms with Crippen molar-refractivity contribution in [1.29, 1.82) is 0 Å². The van der Waals surface area contributed by atoms with Crippen LogP contribution in [0.2, 0.25) is 0 Å². The summed E-state index contributed by atoms with van der Waals surface area (Å²) in [5, 5.41) is 4.83. The summed E-state index contributed by atoms with van der Waals surface area (Å²) in [5.74, 6) is 0.413. The molecule has 10 nitrogen and oxygen atoms in total. The number of carbonyl (C=O) groups is 1. The molecule has 0 aliphatic heterocycles. The molecule has 40 heavy (non-hydrogen) atoms. The van der Waals surface area contributed by atoms with Crippen LogP contribution in [0.25, 0.3) is 0 Å². The lowest BCUT2D eigenvalue weighted by Crippen LogP contribution is -2.28. The molecule has 0 saturated carbocycles. The smallest absolute Gasteiger partial charge is 0.328 e. The first-order valence-corrected chi connectivity index (χ1v) is 15.5. The fourth-order valence-electron chi connectivity index (χ4n) is 2.84. The largest absolute Gasteiger partial charge is 0.459 e. The number of carbonyl (C=O) groups excluding carboxylic acids is 1. The van der Waals surface area contributed by atoms with Gasteiger partial charge in [0.2, 0.25) is 0 Å². The summed E-state index contributed by atoms with van der Waals surface area (Å²) < 4.78 is 64.3. The average molecular weight is 607 g/mol. The van der Waals surface area contributed by atoms with E-state index < -0.39 is 26.3 Å². The van der Waals surface area contributed by atoms with Crippen LogP contribution in [0.1, 0.15) is 23.6 Å². The topological polar surface area (TPSA) is 160 Å². The van der Waals surface area contributed by atoms with Crippen LogP contribution in [-0.4, -0.2) is 42.9 Å². The number of thiazole rings is 1. The normalized spacial score (nSPS) is 11.6. The Balaban J connectivity index is 0.000000222. The highest BCUT2D eigenvalue weighted by Gasteiger charge is 2.15. The maximum absolute atomic E-state index is 11.7. The van der Waals surface area contributed by atoms with Crippen molar-refractivity contribution in [1.82, 2.24) is 4.98 Å². The van der Waals surface area contributed by atoms with Crippen LogP contribution < -0.4 is 5.32 Å². The van der Waals surface area contributed by atoms with Gasteiger partial charge in [-0.2, -0.15) is 16.8 Å². The summed E-state index contributed by atoms with van der Waals surface area (Å²) in [6.07, 6.45) is 0. The molecule has 4 rings (SSSR count). The molecule has 0 aliphatic rings. The molecule has 0 fully saturated rings. The van der Waals surface area contributed by atoms with Gasteiger partial charge < -0.3 is 10.1 Å². The Hall–Kier alpha value is -3.62. The molecule has 13 heteroatoms. The number of esters is 1. The van der Waals surface area contributed by atoms with Crippen molar-refractivity contribution in [3.8, 4) is 0 Å². The molecular weight excluding hydrogens is 577 g/mol. The number of benzene rings is 3. The molecule has 1 aromatic heterocycles. The summed E-state index contributed by atoms with van der Waals surface area (Å²) in [4.78, 5) is 15.7. The van der Waals surface area contributed by atoms with Gasteiger partial charge in [0.15, 0.2) is 0 Å². The SMILES string of the molecule is C[C@H](Nc1cscn1)C(=O)OCc1ccccc1.Cc1ccc(S(=O)(=O)O)cc1.Cc1ccc(S(=O)(=O)O)cc1. The van der Waals surface area contributed by atoms with E-state index >= 15 is 0 Å². The van der Waals surface area contributed by atoms with Crippen LogP contribution >= 0.6 is 11.3 Å². The minimum absolute atomic E-state index is 0.0666. The average Bonchev–Trinajstić information content (AvgIpc) is 3.41. The molecule has 3 N–H and O–H groups in total. The van der Waals surface area contributed by atoms with Crippen LogP contribution in [0.5, 0.6) is 0 Å². The number of anilines is 1. The van der Waals surface area contributed by atoms with Gasteiger partial charge in [-0.1, -0.05) is 65.7 Å². The molecule has 0 aliphatic carbocycles. The zero-order valence-electron chi connectivity index (χ0n) is 22.0. The minimum atomic E-state index is -4.02. The fourth-order valence-corrected chi connectivity index (χ4v) is 4.29. The second kappa shape index (κ2) is 15.2. The summed E-state index contributed by atoms with van der Waals surface area (Å²) >= 11 is 1.48. The highest BCUT2D eigenvalue weighted by Crippen LogP contribution is 2.11. The number of hydrogen-bond donors (Lipinski definition) is 3. The van der Waals surface area contributed by atoms with E-state index in [-0.39, 0.29) is 15.8 Å². The Kier molecular flexibility index (Phi) is 12.4. The molecule has 0 amide bonds. The predicted octanol–water partition coefficient (Wildman–Crippen LogP) is 5.17. The van der Waals surface area contributed by atoms with Crippen molar-refractivity contribution in [2.75, 3.05) is 5.32 Å². The first-order valence-electron chi connectivity index (χ1n) is 11.7. The van der Waals surface area contributed by atoms with Crippen molar-refractivity contribution in [2.24, 2.45) is 0 Å². The van der Waals surface area contributed by atoms with E-state index in [1.165, 1.54) is 35.6 Å². The lowest BCUT2D eigenvalue weighted by Gasteiger charge is -2.12. The summed E-state index contributed by atoms with van der Waals surface area (Å²) in [6, 6.07) is 21.2. The highest BCUT2D eigenvalue weighted by atomic mass is 32.2. The summed E-state index contributed by atoms with van der Waals surface area (Å²) in [5.41, 5.74) is 4.60. The third kappa shape index (κ3) is 12.1. The van der Waals surface area contributed by atoms with E-state index in [9.17, 15) is 21.6 Å². The number of nitrogens with one attached hydrogen (secondary N) is 1. The van der Waals surface area contributed by atoms with E-state index in [2.05, 4.69) is 10.3 Å². The van der Waals surface area contributed by atoms with E-state index in [4.69, 9.17) is 13.8 Å². The van der Waals surface area contributed by atoms with Gasteiger partial charge in [0.25, 0.3) is 20.2 Å². The van der Waals surface area contributed by atoms with Crippen LogP contribution in [0.4, 0.5) is 5.82 Å². The molecule has 0 saturated heterocycles. The lowest BCUT2D eigenvalue weighted by atomic mass is 10.2. The van der Waals surface area contributed by atoms with Crippen molar-refractivity contribution in [2.45, 2.75) is 43.2 Å². The number of nitrogens with zero attached hydrogens (tertiary/aromatic N) is 1. The standard InChI is InChI=1S/C13H14N2O2S.2C7H8O3S/c1-10(15-12-8-18-9-14-12)13(16)17-7-11-5-3-2-4-6-11;2*1-6-2-4-7(5-3-6)11(8,9)10/h2-6,8-10,15H,7H2,1H3;2*2-5H,1H3,(H,8,9,10)/t10-;;/m0../s1. The number of aromatic nitrogens is 1. The molecular formula is C27H30N2O8S3. The maximum Gasteiger partial charge on any atom is 0.328 e. The van der Waals surface area contributed by atoms with Crippen LogP contribution in [0, 0.1) is 13.8 Å². The number of aryl methyl sites for hydroxylation is 2. The molecule has 0 unspecified atom stereocenters.